The fourth-order valence-electron chi connectivity index (χ4n) is 18.1. The number of aromatic amines is 4. The van der Waals surface area contributed by atoms with Gasteiger partial charge in [0.15, 0.2) is 0 Å². The lowest BCUT2D eigenvalue weighted by Gasteiger charge is -2.37. The van der Waals surface area contributed by atoms with Crippen LogP contribution in [-0.2, 0) is 4.74 Å². The molecule has 10 aromatic rings. The molecule has 4 saturated carbocycles. The van der Waals surface area contributed by atoms with E-state index in [-0.39, 0.29) is 18.2 Å². The highest BCUT2D eigenvalue weighted by molar-refractivity contribution is 7.17. The van der Waals surface area contributed by atoms with Crippen LogP contribution < -0.4 is 35.0 Å². The van der Waals surface area contributed by atoms with Crippen LogP contribution in [0.1, 0.15) is 90.8 Å². The summed E-state index contributed by atoms with van der Waals surface area (Å²) in [6.07, 6.45) is 25.1. The van der Waals surface area contributed by atoms with E-state index >= 15 is 0 Å². The van der Waals surface area contributed by atoms with Crippen LogP contribution in [0.2, 0.25) is 0 Å². The number of H-pyrrole nitrogens is 4. The number of methoxy groups -OCH3 is 1. The summed E-state index contributed by atoms with van der Waals surface area (Å²) in [5.74, 6) is 9.29. The minimum Gasteiger partial charge on any atom is -0.472 e. The van der Waals surface area contributed by atoms with Gasteiger partial charge in [-0.2, -0.15) is 9.64 Å². The number of hydrogen-bond donors (Lipinski definition) is 6. The Morgan fingerprint density at radius 2 is 0.935 bits per heavy atom. The Hall–Kier alpha value is -10.1. The van der Waals surface area contributed by atoms with E-state index in [9.17, 15) is 14.4 Å². The van der Waals surface area contributed by atoms with Gasteiger partial charge in [-0.1, -0.05) is 5.10 Å². The number of fused-ring (bicyclic) bond motifs is 8. The summed E-state index contributed by atoms with van der Waals surface area (Å²) in [6, 6.07) is 12.0. The van der Waals surface area contributed by atoms with E-state index < -0.39 is 5.60 Å². The van der Waals surface area contributed by atoms with E-state index in [1.165, 1.54) is 49.2 Å². The van der Waals surface area contributed by atoms with Gasteiger partial charge in [0.25, 0.3) is 5.19 Å². The van der Waals surface area contributed by atoms with Crippen molar-refractivity contribution in [3.63, 3.8) is 0 Å². The van der Waals surface area contributed by atoms with Crippen molar-refractivity contribution in [3.8, 4) is 11.3 Å². The zero-order chi connectivity index (χ0) is 74.2. The summed E-state index contributed by atoms with van der Waals surface area (Å²) in [7, 11) is 10.0. The van der Waals surface area contributed by atoms with Crippen LogP contribution in [0.5, 0.6) is 5.19 Å². The van der Waals surface area contributed by atoms with Crippen molar-refractivity contribution in [1.82, 2.24) is 99.0 Å². The maximum atomic E-state index is 12.6. The maximum absolute atomic E-state index is 12.6. The number of ether oxygens (including phenoxy) is 2. The molecular weight excluding hydrogens is 1400 g/mol. The summed E-state index contributed by atoms with van der Waals surface area (Å²) >= 11 is 2.44. The number of nitrogens with zero attached hydrogens (tertiary/aromatic N) is 21. The van der Waals surface area contributed by atoms with Crippen molar-refractivity contribution in [1.29, 1.82) is 5.26 Å². The summed E-state index contributed by atoms with van der Waals surface area (Å²) < 4.78 is 14.7. The zero-order valence-electron chi connectivity index (χ0n) is 62.0. The van der Waals surface area contributed by atoms with Gasteiger partial charge < -0.3 is 63.7 Å². The monoisotopic (exact) mass is 1490 g/mol. The number of nitrogens with one attached hydrogen (secondary N) is 6. The zero-order valence-corrected chi connectivity index (χ0v) is 63.7. The molecule has 564 valence electrons. The smallest absolute Gasteiger partial charge is 0.410 e. The van der Waals surface area contributed by atoms with Crippen molar-refractivity contribution in [2.45, 2.75) is 122 Å². The van der Waals surface area contributed by atoms with E-state index in [1.54, 1.807) is 25.3 Å². The van der Waals surface area contributed by atoms with Crippen LogP contribution in [0.15, 0.2) is 74.4 Å². The first-order valence-electron chi connectivity index (χ1n) is 37.2. The van der Waals surface area contributed by atoms with Crippen LogP contribution in [0.3, 0.4) is 0 Å². The number of likely N-dealkylation sites (tertiary alicyclic amines) is 4. The molecule has 12 atom stereocenters. The summed E-state index contributed by atoms with van der Waals surface area (Å²) in [5.41, 5.74) is 3.05. The molecule has 18 rings (SSSR count). The third-order valence-electron chi connectivity index (χ3n) is 23.5. The Morgan fingerprint density at radius 1 is 0.533 bits per heavy atom. The second kappa shape index (κ2) is 31.0. The standard InChI is InChI=1S/C20H29N5O2.C18H22N8O2S.C18H22N8OS.C17H22N6/c1-20(2,3)27-19(26)25-10-13-5-6-15(9-14(13)11-25)24(4)18-16-7-8-21-17(16)22-12-23-18;1-25(15-13-3-4-19-14(13)20-9-21-15)12-5-10-7-26(8-11(10)6-12)17(27)22-16-23-24-18(28-2)29-16;1-10-22-17(28-24-10)23-18(27)26-7-11-5-13(6-12(11)8-26)25(2)16-14-3-4-19-15(14)20-9-21-16;1-22(17-15-2-5-19-16(15)20-11-21-17)14-8-12-3-6-23(7-4-18)10-13(12)9-14/h7-8,12-15H,5-6,9-11H2,1-4H3,(H,21,22,23);3-4,9-12H,5-8H2,1-2H3,(H,19,20,21)(H,22,23,27);3-4,9,11-13H,5-8H2,1-2H3,(H,19,20,21)(H,22,23,24,27);2,5,11-14H,3,6-10H2,1H3,(H,19,20,21)/t;10-,11+,12?;11-,12+,13?;12-,13-,14+/m...1/s1. The number of anilines is 6. The molecule has 34 heteroatoms. The topological polar surface area (TPSA) is 361 Å². The van der Waals surface area contributed by atoms with Gasteiger partial charge in [0.2, 0.25) is 10.3 Å². The molecule has 10 aromatic heterocycles. The molecule has 4 aliphatic carbocycles. The molecule has 4 aliphatic heterocycles. The molecule has 0 aromatic carbocycles. The molecule has 0 radical (unpaired) electrons. The number of rotatable bonds is 12. The van der Waals surface area contributed by atoms with Crippen LogP contribution in [0.25, 0.3) is 44.1 Å². The Kier molecular flexibility index (Phi) is 21.0. The molecule has 6 N–H and O–H groups in total. The fraction of sp³-hybridized carbons (Fsp3) is 0.562. The van der Waals surface area contributed by atoms with Crippen molar-refractivity contribution in [3.05, 3.63) is 80.2 Å². The average molecular weight is 1490 g/mol. The second-order valence-corrected chi connectivity index (χ2v) is 32.8. The van der Waals surface area contributed by atoms with Gasteiger partial charge in [-0.05, 0) is 181 Å². The molecule has 5 unspecified atom stereocenters. The molecule has 5 amide bonds. The number of aryl methyl sites for hydroxylation is 1. The molecule has 32 nitrogen and oxygen atoms in total. The normalized spacial score (nSPS) is 25.0. The number of piperidine rings is 1. The number of amides is 5. The summed E-state index contributed by atoms with van der Waals surface area (Å²) in [4.78, 5) is 107. The summed E-state index contributed by atoms with van der Waals surface area (Å²) in [6.45, 7) is 15.0. The first-order valence-corrected chi connectivity index (χ1v) is 38.8. The molecular formula is C73H95N27O5S2. The van der Waals surface area contributed by atoms with Crippen molar-refractivity contribution < 1.29 is 23.9 Å². The van der Waals surface area contributed by atoms with Crippen LogP contribution in [-0.4, -0.2) is 241 Å². The van der Waals surface area contributed by atoms with Gasteiger partial charge in [0, 0.05) is 134 Å². The second-order valence-electron chi connectivity index (χ2n) is 31.1. The SMILES string of the molecule is CN(c1ncnc2[nH]ccc12)C1CCC2CN(C(=O)OC(C)(C)C)CC2C1.CN(c1ncnc2[nH]ccc12)[C@H]1C[C@H]2CCN(CC#N)C[C@H]2C1.COc1nnc(NC(=O)N2C[C@H]3CC(N(C)c4ncnc5[nH]ccc45)C[C@H]3C2)s1.Cc1nsc(NC(=O)N2C[C@H]3CC(N(C)c4ncnc5[nH]ccc45)C[C@H]3C2)n1. The Labute approximate surface area is 628 Å². The number of aromatic nitrogens is 16. The maximum Gasteiger partial charge on any atom is 0.410 e. The minimum absolute atomic E-state index is 0.0692. The van der Waals surface area contributed by atoms with Crippen molar-refractivity contribution in [2.24, 2.45) is 47.3 Å². The van der Waals surface area contributed by atoms with E-state index in [0.717, 1.165) is 171 Å². The fourth-order valence-corrected chi connectivity index (χ4v) is 19.2. The van der Waals surface area contributed by atoms with Gasteiger partial charge in [-0.25, -0.2) is 59.2 Å². The summed E-state index contributed by atoms with van der Waals surface area (Å²) in [5, 5.41) is 28.1. The van der Waals surface area contributed by atoms with Crippen LogP contribution in [0, 0.1) is 65.6 Å². The molecule has 0 spiro atoms. The number of carbonyl (C=O) groups excluding carboxylic acids is 3. The Bertz CT molecular complexity index is 4760. The predicted octanol–water partition coefficient (Wildman–Crippen LogP) is 10.1. The van der Waals surface area contributed by atoms with Crippen LogP contribution in [0.4, 0.5) is 47.9 Å². The lowest BCUT2D eigenvalue weighted by molar-refractivity contribution is 0.0284. The number of carbonyl (C=O) groups is 3. The van der Waals surface area contributed by atoms with Gasteiger partial charge in [-0.3, -0.25) is 15.5 Å². The highest BCUT2D eigenvalue weighted by Gasteiger charge is 2.47. The van der Waals surface area contributed by atoms with Crippen molar-refractivity contribution >= 4 is 119 Å². The lowest BCUT2D eigenvalue weighted by Crippen LogP contribution is -2.39. The van der Waals surface area contributed by atoms with Gasteiger partial charge in [-0.15, -0.1) is 5.10 Å². The van der Waals surface area contributed by atoms with E-state index in [0.29, 0.717) is 93.4 Å². The van der Waals surface area contributed by atoms with E-state index in [1.807, 2.05) is 85.4 Å². The number of hydrogen-bond acceptors (Lipinski definition) is 25. The molecule has 14 heterocycles. The third kappa shape index (κ3) is 15.7. The van der Waals surface area contributed by atoms with Gasteiger partial charge in [0.1, 0.15) is 82.6 Å². The average Bonchev–Trinajstić information content (AvgIpc) is 1.67. The Balaban J connectivity index is 0.000000114. The Morgan fingerprint density at radius 3 is 1.36 bits per heavy atom. The molecule has 4 saturated heterocycles. The minimum atomic E-state index is -0.442. The van der Waals surface area contributed by atoms with E-state index in [4.69, 9.17) is 14.7 Å². The molecule has 0 bridgehead atoms. The molecule has 8 aliphatic rings. The quantitative estimate of drug-likeness (QED) is 0.0619. The molecule has 107 heavy (non-hydrogen) atoms. The first-order chi connectivity index (χ1) is 51.8. The molecule has 8 fully saturated rings. The number of nitriles is 1. The highest BCUT2D eigenvalue weighted by atomic mass is 32.1. The highest BCUT2D eigenvalue weighted by Crippen LogP contribution is 2.46. The lowest BCUT2D eigenvalue weighted by atomic mass is 9.78. The van der Waals surface area contributed by atoms with E-state index in [2.05, 4.69) is 155 Å². The largest absolute Gasteiger partial charge is 0.472 e. The number of urea groups is 2. The third-order valence-corrected chi connectivity index (χ3v) is 25.0. The van der Waals surface area contributed by atoms with Gasteiger partial charge in [0.05, 0.1) is 41.3 Å². The predicted molar refractivity (Wildman–Crippen MR) is 411 cm³/mol. The first kappa shape index (κ1) is 72.4. The van der Waals surface area contributed by atoms with Crippen LogP contribution >= 0.6 is 22.9 Å². The van der Waals surface area contributed by atoms with Crippen molar-refractivity contribution in [2.75, 3.05) is 124 Å². The van der Waals surface area contributed by atoms with Gasteiger partial charge >= 0.3 is 18.2 Å².